The van der Waals surface area contributed by atoms with Crippen LogP contribution in [0.25, 0.3) is 10.9 Å². The Balaban J connectivity index is 1.24. The number of pyridine rings is 1. The molecule has 0 bridgehead atoms. The number of carbonyl (C=O) groups excluding carboxylic acids is 4. The standard InChI is InChI=1S/C41H53ClF2N4O8S/c1-38(2,3)23-55-37(52)46-29-11-9-7-5-6-8-10-24-19-41(24,36(51)47-57(53,54)39(4)16-17-39)21-31(49)30-20-40(22-48(30)35(29)50)15-14-26-27-18-25(42)12-13-28(27)45-32(34(43)44)33(26)56-40/h12-13,18,24,29-30,34H,5-11,14-17,19-23H2,1-4H3,(H,46,52)(H,47,51)/t24-,29+,30+,40-,41-/m1/s1. The van der Waals surface area contributed by atoms with Crippen molar-refractivity contribution in [1.82, 2.24) is 19.9 Å². The lowest BCUT2D eigenvalue weighted by atomic mass is 9.85. The van der Waals surface area contributed by atoms with Gasteiger partial charge in [-0.15, -0.1) is 0 Å². The molecule has 0 radical (unpaired) electrons. The van der Waals surface area contributed by atoms with Crippen molar-refractivity contribution in [3.8, 4) is 5.75 Å². The van der Waals surface area contributed by atoms with Crippen molar-refractivity contribution in [2.75, 3.05) is 13.2 Å². The highest BCUT2D eigenvalue weighted by atomic mass is 35.5. The highest BCUT2D eigenvalue weighted by molar-refractivity contribution is 7.91. The number of ketones is 1. The molecule has 312 valence electrons. The van der Waals surface area contributed by atoms with Gasteiger partial charge in [0.2, 0.25) is 21.8 Å². The Kier molecular flexibility index (Phi) is 11.1. The second kappa shape index (κ2) is 15.2. The summed E-state index contributed by atoms with van der Waals surface area (Å²) < 4.78 is 69.2. The summed E-state index contributed by atoms with van der Waals surface area (Å²) in [5.41, 5.74) is -2.61. The van der Waals surface area contributed by atoms with Gasteiger partial charge in [-0.2, -0.15) is 0 Å². The number of hydrogen-bond donors (Lipinski definition) is 2. The monoisotopic (exact) mass is 834 g/mol. The summed E-state index contributed by atoms with van der Waals surface area (Å²) in [6.07, 6.45) is 2.34. The van der Waals surface area contributed by atoms with Crippen LogP contribution < -0.4 is 14.8 Å². The van der Waals surface area contributed by atoms with Crippen molar-refractivity contribution in [2.24, 2.45) is 16.7 Å². The highest BCUT2D eigenvalue weighted by Gasteiger charge is 2.64. The van der Waals surface area contributed by atoms with Gasteiger partial charge in [-0.05, 0) is 81.4 Å². The molecule has 2 aliphatic carbocycles. The molecule has 0 unspecified atom stereocenters. The number of aromatic nitrogens is 1. The quantitative estimate of drug-likeness (QED) is 0.304. The summed E-state index contributed by atoms with van der Waals surface area (Å²) >= 11 is 6.31. The first-order chi connectivity index (χ1) is 26.8. The Hall–Kier alpha value is -3.59. The summed E-state index contributed by atoms with van der Waals surface area (Å²) in [6.45, 7) is 7.26. The molecule has 5 atom stereocenters. The van der Waals surface area contributed by atoms with Crippen LogP contribution in [0.5, 0.6) is 5.75 Å². The van der Waals surface area contributed by atoms with E-state index in [-0.39, 0.29) is 62.3 Å². The molecule has 2 aromatic rings. The molecule has 2 N–H and O–H groups in total. The lowest BCUT2D eigenvalue weighted by molar-refractivity contribution is -0.140. The van der Waals surface area contributed by atoms with Crippen LogP contribution in [0.4, 0.5) is 13.6 Å². The first kappa shape index (κ1) is 41.6. The van der Waals surface area contributed by atoms with E-state index in [1.165, 1.54) is 4.90 Å². The van der Waals surface area contributed by atoms with Crippen molar-refractivity contribution < 1.29 is 45.9 Å². The first-order valence-electron chi connectivity index (χ1n) is 20.2. The van der Waals surface area contributed by atoms with Crippen molar-refractivity contribution in [1.29, 1.82) is 0 Å². The van der Waals surface area contributed by atoms with Crippen LogP contribution in [0.15, 0.2) is 18.2 Å². The van der Waals surface area contributed by atoms with Gasteiger partial charge in [0.15, 0.2) is 11.5 Å². The van der Waals surface area contributed by atoms with Crippen LogP contribution in [0.1, 0.15) is 129 Å². The van der Waals surface area contributed by atoms with Crippen molar-refractivity contribution in [3.63, 3.8) is 0 Å². The van der Waals surface area contributed by atoms with Gasteiger partial charge in [0.25, 0.3) is 6.43 Å². The Morgan fingerprint density at radius 2 is 1.77 bits per heavy atom. The predicted octanol–water partition coefficient (Wildman–Crippen LogP) is 7.34. The number of fused-ring (bicyclic) bond motifs is 5. The van der Waals surface area contributed by atoms with Gasteiger partial charge in [0.05, 0.1) is 34.9 Å². The van der Waals surface area contributed by atoms with Gasteiger partial charge in [-0.25, -0.2) is 27.0 Å². The molecule has 4 fully saturated rings. The van der Waals surface area contributed by atoms with E-state index in [2.05, 4.69) is 15.0 Å². The second-order valence-electron chi connectivity index (χ2n) is 18.5. The number of carbonyl (C=O) groups is 4. The lowest BCUT2D eigenvalue weighted by Crippen LogP contribution is -2.53. The minimum absolute atomic E-state index is 0.0623. The Bertz CT molecular complexity index is 2070. The van der Waals surface area contributed by atoms with Crippen molar-refractivity contribution in [3.05, 3.63) is 34.5 Å². The van der Waals surface area contributed by atoms with Gasteiger partial charge in [-0.3, -0.25) is 19.1 Å². The third-order valence-electron chi connectivity index (χ3n) is 12.7. The van der Waals surface area contributed by atoms with Gasteiger partial charge < -0.3 is 19.7 Å². The molecular weight excluding hydrogens is 782 g/mol. The summed E-state index contributed by atoms with van der Waals surface area (Å²) in [7, 11) is -3.99. The largest absolute Gasteiger partial charge is 0.483 e. The number of benzene rings is 1. The summed E-state index contributed by atoms with van der Waals surface area (Å²) in [6, 6.07) is 2.58. The van der Waals surface area contributed by atoms with Gasteiger partial charge in [0.1, 0.15) is 17.3 Å². The maximum absolute atomic E-state index is 14.8. The molecule has 2 saturated heterocycles. The Morgan fingerprint density at radius 3 is 2.46 bits per heavy atom. The van der Waals surface area contributed by atoms with Gasteiger partial charge in [-0.1, -0.05) is 64.5 Å². The number of alkyl halides is 2. The molecule has 4 heterocycles. The minimum Gasteiger partial charge on any atom is -0.483 e. The van der Waals surface area contributed by atoms with E-state index in [1.807, 2.05) is 20.8 Å². The zero-order chi connectivity index (χ0) is 41.1. The van der Waals surface area contributed by atoms with E-state index >= 15 is 0 Å². The average molecular weight is 835 g/mol. The summed E-state index contributed by atoms with van der Waals surface area (Å²) in [4.78, 5) is 62.3. The van der Waals surface area contributed by atoms with E-state index in [9.17, 15) is 36.4 Å². The number of halogens is 3. The van der Waals surface area contributed by atoms with Gasteiger partial charge >= 0.3 is 6.09 Å². The molecule has 7 rings (SSSR count). The maximum atomic E-state index is 14.8. The molecule has 57 heavy (non-hydrogen) atoms. The molecule has 1 aromatic heterocycles. The normalized spacial score (nSPS) is 29.1. The second-order valence-corrected chi connectivity index (χ2v) is 21.1. The zero-order valence-corrected chi connectivity index (χ0v) is 34.6. The fourth-order valence-electron chi connectivity index (χ4n) is 8.90. The molecule has 1 spiro atoms. The topological polar surface area (TPSA) is 161 Å². The van der Waals surface area contributed by atoms with Crippen LogP contribution in [0.3, 0.4) is 0 Å². The smallest absolute Gasteiger partial charge is 0.407 e. The Labute approximate surface area is 337 Å². The van der Waals surface area contributed by atoms with Crippen molar-refractivity contribution >= 4 is 56.2 Å². The number of nitrogens with one attached hydrogen (secondary N) is 2. The van der Waals surface area contributed by atoms with E-state index in [1.54, 1.807) is 25.1 Å². The number of alkyl carbamates (subject to hydrolysis) is 1. The molecule has 3 aliphatic heterocycles. The van der Waals surface area contributed by atoms with Crippen LogP contribution in [-0.2, 0) is 35.6 Å². The minimum atomic E-state index is -3.99. The first-order valence-corrected chi connectivity index (χ1v) is 22.0. The van der Waals surface area contributed by atoms with E-state index < -0.39 is 73.7 Å². The molecule has 16 heteroatoms. The lowest BCUT2D eigenvalue weighted by Gasteiger charge is -2.37. The predicted molar refractivity (Wildman–Crippen MR) is 208 cm³/mol. The van der Waals surface area contributed by atoms with Crippen LogP contribution in [0.2, 0.25) is 5.02 Å². The number of sulfonamides is 1. The zero-order valence-electron chi connectivity index (χ0n) is 33.1. The van der Waals surface area contributed by atoms with Crippen LogP contribution in [0, 0.1) is 16.7 Å². The molecule has 5 aliphatic rings. The fourth-order valence-corrected chi connectivity index (χ4v) is 10.4. The highest BCUT2D eigenvalue weighted by Crippen LogP contribution is 2.59. The van der Waals surface area contributed by atoms with Crippen molar-refractivity contribution in [2.45, 2.75) is 146 Å². The number of rotatable bonds is 6. The number of Topliss-reactive ketones (excluding diaryl/α,β-unsaturated/α-hetero) is 1. The summed E-state index contributed by atoms with van der Waals surface area (Å²) in [5, 5.41) is 3.71. The molecule has 1 aromatic carbocycles. The van der Waals surface area contributed by atoms with Crippen LogP contribution >= 0.6 is 11.6 Å². The Morgan fingerprint density at radius 1 is 1.07 bits per heavy atom. The summed E-state index contributed by atoms with van der Waals surface area (Å²) in [5.74, 6) is -2.03. The van der Waals surface area contributed by atoms with Crippen LogP contribution in [-0.4, -0.2) is 77.6 Å². The number of ether oxygens (including phenoxy) is 2. The average Bonchev–Trinajstić information content (AvgIpc) is 4.03. The van der Waals surface area contributed by atoms with Gasteiger partial charge in [0, 0.05) is 28.8 Å². The maximum Gasteiger partial charge on any atom is 0.407 e. The molecule has 2 saturated carbocycles. The number of aryl methyl sites for hydroxylation is 1. The molecule has 12 nitrogen and oxygen atoms in total. The third-order valence-corrected chi connectivity index (χ3v) is 15.1. The fraction of sp³-hybridized carbons (Fsp3) is 0.683. The molecular formula is C41H53ClF2N4O8S. The van der Waals surface area contributed by atoms with E-state index in [4.69, 9.17) is 21.1 Å². The molecule has 3 amide bonds. The SMILES string of the molecule is CC(C)(C)COC(=O)N[C@H]1CCCCCCC[C@@H]2C[C@@]2(C(=O)NS(=O)(=O)C2(C)CC2)CC(=O)[C@@H]2C[C@]3(CCc4c(c(C(F)F)nc5ccc(Cl)cc45)O3)CN2C1=O. The number of hydrogen-bond acceptors (Lipinski definition) is 9. The van der Waals surface area contributed by atoms with E-state index in [0.717, 1.165) is 25.7 Å². The number of nitrogens with zero attached hydrogens (tertiary/aromatic N) is 2. The third kappa shape index (κ3) is 8.47. The van der Waals surface area contributed by atoms with E-state index in [0.29, 0.717) is 53.6 Å². The number of amides is 3.